The molecule has 1 rings (SSSR count). The van der Waals surface area contributed by atoms with Gasteiger partial charge in [0.2, 0.25) is 0 Å². The van der Waals surface area contributed by atoms with Crippen LogP contribution in [0.5, 0.6) is 0 Å². The van der Waals surface area contributed by atoms with Gasteiger partial charge in [0, 0.05) is 25.9 Å². The minimum Gasteiger partial charge on any atom is -0.381 e. The second kappa shape index (κ2) is 9.13. The smallest absolute Gasteiger partial charge is 0.0619 e. The molecule has 3 heteroatoms. The molecule has 90 valence electrons. The van der Waals surface area contributed by atoms with Crippen molar-refractivity contribution in [2.45, 2.75) is 45.1 Å². The topological polar surface area (TPSA) is 30.5 Å². The third kappa shape index (κ3) is 6.88. The number of ether oxygens (including phenoxy) is 2. The van der Waals surface area contributed by atoms with Gasteiger partial charge in [-0.1, -0.05) is 13.3 Å². The summed E-state index contributed by atoms with van der Waals surface area (Å²) in [6.45, 7) is 6.88. The lowest BCUT2D eigenvalue weighted by atomic mass is 10.1. The molecule has 0 aliphatic carbocycles. The van der Waals surface area contributed by atoms with Crippen LogP contribution in [0.2, 0.25) is 0 Å². The summed E-state index contributed by atoms with van der Waals surface area (Å²) < 4.78 is 10.9. The van der Waals surface area contributed by atoms with Crippen LogP contribution in [0.3, 0.4) is 0 Å². The summed E-state index contributed by atoms with van der Waals surface area (Å²) in [5, 5.41) is 3.51. The lowest BCUT2D eigenvalue weighted by Gasteiger charge is -2.23. The van der Waals surface area contributed by atoms with Gasteiger partial charge in [0.15, 0.2) is 0 Å². The fraction of sp³-hybridized carbons (Fsp3) is 1.00. The molecule has 15 heavy (non-hydrogen) atoms. The Balaban J connectivity index is 1.79. The van der Waals surface area contributed by atoms with Crippen LogP contribution < -0.4 is 5.32 Å². The monoisotopic (exact) mass is 215 g/mol. The fourth-order valence-corrected chi connectivity index (χ4v) is 1.73. The van der Waals surface area contributed by atoms with Gasteiger partial charge in [0.25, 0.3) is 0 Å². The van der Waals surface area contributed by atoms with Gasteiger partial charge in [-0.3, -0.25) is 0 Å². The number of hydrogen-bond acceptors (Lipinski definition) is 3. The first-order valence-electron chi connectivity index (χ1n) is 6.32. The van der Waals surface area contributed by atoms with Gasteiger partial charge in [-0.25, -0.2) is 0 Å². The maximum absolute atomic E-state index is 5.49. The summed E-state index contributed by atoms with van der Waals surface area (Å²) in [5.74, 6) is 0. The van der Waals surface area contributed by atoms with E-state index in [9.17, 15) is 0 Å². The zero-order valence-corrected chi connectivity index (χ0v) is 9.96. The molecular formula is C12H25NO2. The fourth-order valence-electron chi connectivity index (χ4n) is 1.73. The van der Waals surface area contributed by atoms with E-state index in [1.165, 1.54) is 25.7 Å². The van der Waals surface area contributed by atoms with E-state index in [0.717, 1.165) is 39.4 Å². The van der Waals surface area contributed by atoms with Crippen molar-refractivity contribution in [1.29, 1.82) is 0 Å². The molecule has 0 aromatic carbocycles. The Kier molecular flexibility index (Phi) is 7.88. The van der Waals surface area contributed by atoms with E-state index in [1.54, 1.807) is 0 Å². The van der Waals surface area contributed by atoms with Crippen molar-refractivity contribution in [3.63, 3.8) is 0 Å². The summed E-state index contributed by atoms with van der Waals surface area (Å²) in [4.78, 5) is 0. The predicted octanol–water partition coefficient (Wildman–Crippen LogP) is 1.96. The van der Waals surface area contributed by atoms with Gasteiger partial charge in [0.05, 0.1) is 6.61 Å². The summed E-state index contributed by atoms with van der Waals surface area (Å²) in [6, 6.07) is 0.578. The van der Waals surface area contributed by atoms with E-state index in [4.69, 9.17) is 9.47 Å². The predicted molar refractivity (Wildman–Crippen MR) is 62.2 cm³/mol. The molecule has 0 spiro atoms. The molecule has 1 saturated heterocycles. The summed E-state index contributed by atoms with van der Waals surface area (Å²) in [6.07, 6.45) is 5.98. The van der Waals surface area contributed by atoms with Crippen molar-refractivity contribution >= 4 is 0 Å². The standard InChI is InChI=1S/C12H25NO2/c1-2-3-8-14-10-5-7-13-12-6-4-9-15-11-12/h12-13H,2-11H2,1H3. The van der Waals surface area contributed by atoms with Crippen molar-refractivity contribution in [1.82, 2.24) is 5.32 Å². The molecule has 0 aromatic rings. The van der Waals surface area contributed by atoms with E-state index in [2.05, 4.69) is 12.2 Å². The van der Waals surface area contributed by atoms with Crippen LogP contribution in [0.15, 0.2) is 0 Å². The Morgan fingerprint density at radius 2 is 2.20 bits per heavy atom. The molecule has 0 aromatic heterocycles. The molecule has 1 fully saturated rings. The summed E-state index contributed by atoms with van der Waals surface area (Å²) in [7, 11) is 0. The molecule has 0 radical (unpaired) electrons. The Morgan fingerprint density at radius 3 is 2.93 bits per heavy atom. The summed E-state index contributed by atoms with van der Waals surface area (Å²) >= 11 is 0. The summed E-state index contributed by atoms with van der Waals surface area (Å²) in [5.41, 5.74) is 0. The maximum atomic E-state index is 5.49. The molecule has 0 saturated carbocycles. The number of unbranched alkanes of at least 4 members (excludes halogenated alkanes) is 1. The largest absolute Gasteiger partial charge is 0.381 e. The minimum absolute atomic E-state index is 0.578. The molecule has 3 nitrogen and oxygen atoms in total. The molecule has 0 amide bonds. The van der Waals surface area contributed by atoms with Crippen LogP contribution in [0.4, 0.5) is 0 Å². The minimum atomic E-state index is 0.578. The van der Waals surface area contributed by atoms with E-state index >= 15 is 0 Å². The van der Waals surface area contributed by atoms with Gasteiger partial charge >= 0.3 is 0 Å². The third-order valence-corrected chi connectivity index (χ3v) is 2.70. The van der Waals surface area contributed by atoms with Gasteiger partial charge < -0.3 is 14.8 Å². The van der Waals surface area contributed by atoms with Crippen molar-refractivity contribution in [3.8, 4) is 0 Å². The van der Waals surface area contributed by atoms with Crippen LogP contribution in [0.25, 0.3) is 0 Å². The number of rotatable bonds is 8. The number of hydrogen-bond donors (Lipinski definition) is 1. The first kappa shape index (κ1) is 12.9. The number of nitrogens with one attached hydrogen (secondary N) is 1. The Hall–Kier alpha value is -0.120. The first-order chi connectivity index (χ1) is 7.43. The Bertz CT molecular complexity index is 136. The SMILES string of the molecule is CCCCOCCCNC1CCCOC1. The van der Waals surface area contributed by atoms with Crippen molar-refractivity contribution in [2.24, 2.45) is 0 Å². The van der Waals surface area contributed by atoms with E-state index in [0.29, 0.717) is 6.04 Å². The molecule has 1 aliphatic heterocycles. The van der Waals surface area contributed by atoms with Crippen molar-refractivity contribution in [2.75, 3.05) is 33.0 Å². The molecular weight excluding hydrogens is 190 g/mol. The van der Waals surface area contributed by atoms with Crippen LogP contribution in [0, 0.1) is 0 Å². The van der Waals surface area contributed by atoms with Gasteiger partial charge in [0.1, 0.15) is 0 Å². The lowest BCUT2D eigenvalue weighted by molar-refractivity contribution is 0.0686. The van der Waals surface area contributed by atoms with E-state index in [-0.39, 0.29) is 0 Å². The van der Waals surface area contributed by atoms with Gasteiger partial charge in [-0.05, 0) is 32.2 Å². The highest BCUT2D eigenvalue weighted by atomic mass is 16.5. The molecule has 1 N–H and O–H groups in total. The highest BCUT2D eigenvalue weighted by Gasteiger charge is 2.11. The van der Waals surface area contributed by atoms with Crippen LogP contribution in [-0.2, 0) is 9.47 Å². The quantitative estimate of drug-likeness (QED) is 0.628. The molecule has 1 heterocycles. The van der Waals surface area contributed by atoms with E-state index < -0.39 is 0 Å². The lowest BCUT2D eigenvalue weighted by Crippen LogP contribution is -2.37. The Morgan fingerprint density at radius 1 is 1.33 bits per heavy atom. The molecule has 1 aliphatic rings. The third-order valence-electron chi connectivity index (χ3n) is 2.70. The highest BCUT2D eigenvalue weighted by Crippen LogP contribution is 2.05. The average molecular weight is 215 g/mol. The average Bonchev–Trinajstić information content (AvgIpc) is 2.29. The van der Waals surface area contributed by atoms with Crippen LogP contribution in [0.1, 0.15) is 39.0 Å². The normalized spacial score (nSPS) is 21.8. The van der Waals surface area contributed by atoms with Crippen LogP contribution >= 0.6 is 0 Å². The van der Waals surface area contributed by atoms with Crippen molar-refractivity contribution < 1.29 is 9.47 Å². The molecule has 0 bridgehead atoms. The Labute approximate surface area is 93.5 Å². The van der Waals surface area contributed by atoms with Gasteiger partial charge in [-0.2, -0.15) is 0 Å². The zero-order chi connectivity index (χ0) is 10.8. The second-order valence-corrected chi connectivity index (χ2v) is 4.19. The first-order valence-corrected chi connectivity index (χ1v) is 6.32. The molecule has 1 unspecified atom stereocenters. The molecule has 1 atom stereocenters. The van der Waals surface area contributed by atoms with Crippen molar-refractivity contribution in [3.05, 3.63) is 0 Å². The van der Waals surface area contributed by atoms with E-state index in [1.807, 2.05) is 0 Å². The van der Waals surface area contributed by atoms with Crippen LogP contribution in [-0.4, -0.2) is 39.0 Å². The highest BCUT2D eigenvalue weighted by molar-refractivity contribution is 4.69. The zero-order valence-electron chi connectivity index (χ0n) is 9.96. The second-order valence-electron chi connectivity index (χ2n) is 4.19. The maximum Gasteiger partial charge on any atom is 0.0619 e. The van der Waals surface area contributed by atoms with Gasteiger partial charge in [-0.15, -0.1) is 0 Å².